The molecular formula is C14H14Br2FNS. The Labute approximate surface area is 133 Å². The van der Waals surface area contributed by atoms with E-state index in [0.29, 0.717) is 11.1 Å². The van der Waals surface area contributed by atoms with Crippen molar-refractivity contribution in [2.24, 2.45) is 0 Å². The molecule has 1 atom stereocenters. The van der Waals surface area contributed by atoms with Crippen LogP contribution in [0, 0.1) is 12.7 Å². The van der Waals surface area contributed by atoms with Crippen molar-refractivity contribution in [3.8, 4) is 0 Å². The lowest BCUT2D eigenvalue weighted by molar-refractivity contribution is 0.553. The summed E-state index contributed by atoms with van der Waals surface area (Å²) in [4.78, 5) is 0. The maximum absolute atomic E-state index is 14.3. The van der Waals surface area contributed by atoms with Gasteiger partial charge in [-0.2, -0.15) is 0 Å². The number of hydrogen-bond acceptors (Lipinski definition) is 2. The zero-order chi connectivity index (χ0) is 14.0. The molecular weight excluding hydrogens is 393 g/mol. The summed E-state index contributed by atoms with van der Waals surface area (Å²) in [5, 5.41) is 3.35. The molecule has 0 saturated heterocycles. The van der Waals surface area contributed by atoms with Crippen molar-refractivity contribution in [3.05, 3.63) is 54.3 Å². The first-order valence-corrected chi connectivity index (χ1v) is 8.38. The van der Waals surface area contributed by atoms with Crippen LogP contribution < -0.4 is 5.32 Å². The van der Waals surface area contributed by atoms with E-state index in [2.05, 4.69) is 37.2 Å². The highest BCUT2D eigenvalue weighted by Crippen LogP contribution is 2.38. The number of halogens is 3. The minimum atomic E-state index is -0.137. The molecule has 19 heavy (non-hydrogen) atoms. The number of hydrogen-bond donors (Lipinski definition) is 1. The van der Waals surface area contributed by atoms with Crippen LogP contribution in [-0.4, -0.2) is 6.54 Å². The fraction of sp³-hybridized carbons (Fsp3) is 0.286. The van der Waals surface area contributed by atoms with Gasteiger partial charge in [0, 0.05) is 5.56 Å². The molecule has 1 aromatic heterocycles. The number of rotatable bonds is 4. The van der Waals surface area contributed by atoms with Crippen LogP contribution in [0.2, 0.25) is 0 Å². The molecule has 0 amide bonds. The topological polar surface area (TPSA) is 12.0 Å². The van der Waals surface area contributed by atoms with Crippen LogP contribution in [0.25, 0.3) is 0 Å². The third-order valence-electron chi connectivity index (χ3n) is 2.93. The Kier molecular flexibility index (Phi) is 5.17. The van der Waals surface area contributed by atoms with E-state index >= 15 is 0 Å². The zero-order valence-corrected chi connectivity index (χ0v) is 14.6. The molecule has 0 bridgehead atoms. The van der Waals surface area contributed by atoms with Gasteiger partial charge in [0.15, 0.2) is 0 Å². The Balaban J connectivity index is 2.51. The molecule has 0 fully saturated rings. The number of aryl methyl sites for hydroxylation is 1. The predicted molar refractivity (Wildman–Crippen MR) is 86.4 cm³/mol. The van der Waals surface area contributed by atoms with Crippen molar-refractivity contribution in [3.63, 3.8) is 0 Å². The first-order chi connectivity index (χ1) is 9.04. The first-order valence-electron chi connectivity index (χ1n) is 5.97. The number of benzene rings is 1. The van der Waals surface area contributed by atoms with Gasteiger partial charge >= 0.3 is 0 Å². The number of thiophene rings is 1. The van der Waals surface area contributed by atoms with Gasteiger partial charge in [0.1, 0.15) is 5.82 Å². The van der Waals surface area contributed by atoms with Crippen LogP contribution in [0.5, 0.6) is 0 Å². The van der Waals surface area contributed by atoms with Gasteiger partial charge in [-0.3, -0.25) is 0 Å². The lowest BCUT2D eigenvalue weighted by Gasteiger charge is -2.19. The van der Waals surface area contributed by atoms with E-state index in [9.17, 15) is 4.39 Å². The Morgan fingerprint density at radius 1 is 1.32 bits per heavy atom. The van der Waals surface area contributed by atoms with E-state index in [0.717, 1.165) is 19.7 Å². The molecule has 5 heteroatoms. The Morgan fingerprint density at radius 3 is 2.63 bits per heavy atom. The molecule has 0 aliphatic heterocycles. The van der Waals surface area contributed by atoms with Crippen molar-refractivity contribution in [1.82, 2.24) is 5.32 Å². The quantitative estimate of drug-likeness (QED) is 0.714. The molecule has 0 saturated carbocycles. The summed E-state index contributed by atoms with van der Waals surface area (Å²) in [6.45, 7) is 4.59. The number of nitrogens with one attached hydrogen (secondary N) is 1. The van der Waals surface area contributed by atoms with E-state index in [1.807, 2.05) is 25.1 Å². The minimum absolute atomic E-state index is 0.136. The van der Waals surface area contributed by atoms with Crippen molar-refractivity contribution in [2.45, 2.75) is 19.9 Å². The normalized spacial score (nSPS) is 12.7. The Morgan fingerprint density at radius 2 is 2.05 bits per heavy atom. The fourth-order valence-electron chi connectivity index (χ4n) is 2.03. The van der Waals surface area contributed by atoms with Gasteiger partial charge in [-0.15, -0.1) is 11.3 Å². The summed E-state index contributed by atoms with van der Waals surface area (Å²) in [6.07, 6.45) is 0. The van der Waals surface area contributed by atoms with Crippen LogP contribution in [0.1, 0.15) is 29.7 Å². The molecule has 0 aliphatic carbocycles. The zero-order valence-electron chi connectivity index (χ0n) is 10.6. The molecule has 0 spiro atoms. The van der Waals surface area contributed by atoms with Crippen LogP contribution in [0.4, 0.5) is 4.39 Å². The second-order valence-electron chi connectivity index (χ2n) is 4.25. The fourth-order valence-corrected chi connectivity index (χ4v) is 4.94. The van der Waals surface area contributed by atoms with Crippen molar-refractivity contribution < 1.29 is 4.39 Å². The highest BCUT2D eigenvalue weighted by molar-refractivity contribution is 9.12. The summed E-state index contributed by atoms with van der Waals surface area (Å²) < 4.78 is 16.4. The summed E-state index contributed by atoms with van der Waals surface area (Å²) in [7, 11) is 0. The summed E-state index contributed by atoms with van der Waals surface area (Å²) in [5.41, 5.74) is 2.42. The van der Waals surface area contributed by atoms with E-state index in [1.54, 1.807) is 24.3 Å². The molecule has 0 radical (unpaired) electrons. The van der Waals surface area contributed by atoms with Gasteiger partial charge < -0.3 is 5.32 Å². The third-order valence-corrected chi connectivity index (χ3v) is 5.32. The second kappa shape index (κ2) is 6.48. The summed E-state index contributed by atoms with van der Waals surface area (Å²) in [6, 6.07) is 7.42. The highest BCUT2D eigenvalue weighted by atomic mass is 79.9. The van der Waals surface area contributed by atoms with Crippen molar-refractivity contribution in [2.75, 3.05) is 6.54 Å². The molecule has 102 valence electrons. The van der Waals surface area contributed by atoms with Crippen LogP contribution >= 0.6 is 43.2 Å². The lowest BCUT2D eigenvalue weighted by atomic mass is 9.98. The molecule has 1 heterocycles. The smallest absolute Gasteiger partial charge is 0.131 e. The average molecular weight is 407 g/mol. The SMILES string of the molecule is CCNC(c1cc(Br)sc1Br)c1cccc(C)c1F. The van der Waals surface area contributed by atoms with Crippen LogP contribution in [-0.2, 0) is 0 Å². The van der Waals surface area contributed by atoms with Crippen molar-refractivity contribution in [1.29, 1.82) is 0 Å². The minimum Gasteiger partial charge on any atom is -0.306 e. The summed E-state index contributed by atoms with van der Waals surface area (Å²) in [5.74, 6) is -0.136. The molecule has 1 unspecified atom stereocenters. The van der Waals surface area contributed by atoms with Gasteiger partial charge in [-0.1, -0.05) is 25.1 Å². The van der Waals surface area contributed by atoms with E-state index in [4.69, 9.17) is 0 Å². The third kappa shape index (κ3) is 3.27. The van der Waals surface area contributed by atoms with Gasteiger partial charge in [0.05, 0.1) is 13.6 Å². The molecule has 1 nitrogen and oxygen atoms in total. The molecule has 1 N–H and O–H groups in total. The van der Waals surface area contributed by atoms with E-state index in [-0.39, 0.29) is 11.9 Å². The van der Waals surface area contributed by atoms with Crippen LogP contribution in [0.15, 0.2) is 31.8 Å². The largest absolute Gasteiger partial charge is 0.306 e. The van der Waals surface area contributed by atoms with Crippen molar-refractivity contribution >= 4 is 43.2 Å². The highest BCUT2D eigenvalue weighted by Gasteiger charge is 2.21. The Bertz CT molecular complexity index is 583. The standard InChI is InChI=1S/C14H14Br2FNS/c1-3-18-13(10-7-11(15)19-14(10)16)9-6-4-5-8(2)12(9)17/h4-7,13,18H,3H2,1-2H3. The van der Waals surface area contributed by atoms with E-state index in [1.165, 1.54) is 0 Å². The maximum atomic E-state index is 14.3. The van der Waals surface area contributed by atoms with Gasteiger partial charge in [0.25, 0.3) is 0 Å². The van der Waals surface area contributed by atoms with Gasteiger partial charge in [0.2, 0.25) is 0 Å². The molecule has 2 aromatic rings. The molecule has 1 aromatic carbocycles. The van der Waals surface area contributed by atoms with E-state index < -0.39 is 0 Å². The monoisotopic (exact) mass is 405 g/mol. The summed E-state index contributed by atoms with van der Waals surface area (Å²) >= 11 is 8.63. The van der Waals surface area contributed by atoms with Gasteiger partial charge in [-0.25, -0.2) is 4.39 Å². The second-order valence-corrected chi connectivity index (χ2v) is 8.00. The van der Waals surface area contributed by atoms with Crippen LogP contribution in [0.3, 0.4) is 0 Å². The molecule has 2 rings (SSSR count). The average Bonchev–Trinajstić information content (AvgIpc) is 2.69. The first kappa shape index (κ1) is 15.2. The maximum Gasteiger partial charge on any atom is 0.131 e. The van der Waals surface area contributed by atoms with Gasteiger partial charge in [-0.05, 0) is 62.5 Å². The molecule has 0 aliphatic rings. The predicted octanol–water partition coefficient (Wildman–Crippen LogP) is 5.42. The lowest BCUT2D eigenvalue weighted by Crippen LogP contribution is -2.23. The Hall–Kier alpha value is -0.230.